The molecule has 2 N–H and O–H groups in total. The van der Waals surface area contributed by atoms with E-state index >= 15 is 0 Å². The molecule has 0 spiro atoms. The van der Waals surface area contributed by atoms with Crippen molar-refractivity contribution in [3.63, 3.8) is 0 Å². The van der Waals surface area contributed by atoms with E-state index in [0.29, 0.717) is 6.54 Å². The van der Waals surface area contributed by atoms with Crippen molar-refractivity contribution in [1.82, 2.24) is 20.2 Å². The zero-order valence-corrected chi connectivity index (χ0v) is 17.5. The zero-order valence-electron chi connectivity index (χ0n) is 17.5. The molecule has 4 aromatic rings. The molecule has 0 aliphatic carbocycles. The highest BCUT2D eigenvalue weighted by atomic mass is 16.2. The second-order valence-corrected chi connectivity index (χ2v) is 7.47. The number of urea groups is 1. The van der Waals surface area contributed by atoms with E-state index in [9.17, 15) is 4.79 Å². The Bertz CT molecular complexity index is 1050. The quantitative estimate of drug-likeness (QED) is 0.466. The number of hydrogen-bond acceptors (Lipinski definition) is 2. The summed E-state index contributed by atoms with van der Waals surface area (Å²) in [5.41, 5.74) is 3.31. The number of carbonyl (C=O) groups is 1. The summed E-state index contributed by atoms with van der Waals surface area (Å²) in [7, 11) is 1.93. The van der Waals surface area contributed by atoms with Crippen molar-refractivity contribution in [2.24, 2.45) is 7.05 Å². The second-order valence-electron chi connectivity index (χ2n) is 7.47. The minimum Gasteiger partial charge on any atom is -0.337 e. The third-order valence-electron chi connectivity index (χ3n) is 5.40. The number of imidazole rings is 1. The molecule has 0 bridgehead atoms. The highest BCUT2D eigenvalue weighted by molar-refractivity contribution is 5.75. The highest BCUT2D eigenvalue weighted by Gasteiger charge is 2.21. The van der Waals surface area contributed by atoms with E-state index in [-0.39, 0.29) is 18.0 Å². The van der Waals surface area contributed by atoms with E-state index in [4.69, 9.17) is 0 Å². The molecule has 4 rings (SSSR count). The molecule has 156 valence electrons. The van der Waals surface area contributed by atoms with Crippen molar-refractivity contribution in [3.05, 3.63) is 126 Å². The fraction of sp³-hybridized carbons (Fsp3) is 0.154. The summed E-state index contributed by atoms with van der Waals surface area (Å²) >= 11 is 0. The number of hydrogen-bond donors (Lipinski definition) is 2. The maximum absolute atomic E-state index is 12.9. The average molecular weight is 411 g/mol. The maximum Gasteiger partial charge on any atom is 0.315 e. The van der Waals surface area contributed by atoms with Gasteiger partial charge in [0.05, 0.1) is 0 Å². The van der Waals surface area contributed by atoms with Crippen LogP contribution in [0.1, 0.15) is 34.5 Å². The van der Waals surface area contributed by atoms with E-state index in [0.717, 1.165) is 22.5 Å². The second kappa shape index (κ2) is 9.76. The molecule has 0 unspecified atom stereocenters. The molecule has 5 heteroatoms. The molecule has 31 heavy (non-hydrogen) atoms. The van der Waals surface area contributed by atoms with E-state index < -0.39 is 0 Å². The van der Waals surface area contributed by atoms with Gasteiger partial charge in [-0.15, -0.1) is 0 Å². The first-order valence-corrected chi connectivity index (χ1v) is 10.4. The van der Waals surface area contributed by atoms with Gasteiger partial charge in [-0.05, 0) is 16.7 Å². The normalized spacial score (nSPS) is 11.8. The zero-order chi connectivity index (χ0) is 21.5. The lowest BCUT2D eigenvalue weighted by Crippen LogP contribution is -2.41. The molecule has 0 aliphatic rings. The number of nitrogens with one attached hydrogen (secondary N) is 2. The average Bonchev–Trinajstić information content (AvgIpc) is 3.25. The monoisotopic (exact) mass is 410 g/mol. The fourth-order valence-corrected chi connectivity index (χ4v) is 3.77. The van der Waals surface area contributed by atoms with Gasteiger partial charge in [0.25, 0.3) is 0 Å². The van der Waals surface area contributed by atoms with Crippen LogP contribution in [0.5, 0.6) is 0 Å². The van der Waals surface area contributed by atoms with Gasteiger partial charge in [-0.1, -0.05) is 91.0 Å². The van der Waals surface area contributed by atoms with Gasteiger partial charge in [-0.3, -0.25) is 0 Å². The number of aryl methyl sites for hydroxylation is 1. The maximum atomic E-state index is 12.9. The fourth-order valence-electron chi connectivity index (χ4n) is 3.77. The van der Waals surface area contributed by atoms with Gasteiger partial charge < -0.3 is 15.2 Å². The van der Waals surface area contributed by atoms with Crippen molar-refractivity contribution in [2.75, 3.05) is 6.54 Å². The number of rotatable bonds is 7. The smallest absolute Gasteiger partial charge is 0.315 e. The predicted octanol–water partition coefficient (Wildman–Crippen LogP) is 4.64. The molecular weight excluding hydrogens is 384 g/mol. The van der Waals surface area contributed by atoms with Crippen molar-refractivity contribution >= 4 is 6.03 Å². The van der Waals surface area contributed by atoms with Crippen molar-refractivity contribution in [2.45, 2.75) is 12.0 Å². The highest BCUT2D eigenvalue weighted by Crippen LogP contribution is 2.24. The Balaban J connectivity index is 1.51. The number of aromatic nitrogens is 2. The van der Waals surface area contributed by atoms with Crippen LogP contribution in [0.4, 0.5) is 4.79 Å². The molecular formula is C26H26N4O. The lowest BCUT2D eigenvalue weighted by Gasteiger charge is -2.22. The van der Waals surface area contributed by atoms with Crippen LogP contribution in [-0.4, -0.2) is 22.1 Å². The number of nitrogens with zero attached hydrogens (tertiary/aromatic N) is 2. The molecule has 0 aliphatic heterocycles. The third kappa shape index (κ3) is 5.01. The molecule has 5 nitrogen and oxygen atoms in total. The SMILES string of the molecule is Cn1ccnc1[C@@H](NC(=O)NCC(c1ccccc1)c1ccccc1)c1ccccc1. The molecule has 0 fully saturated rings. The predicted molar refractivity (Wildman–Crippen MR) is 123 cm³/mol. The van der Waals surface area contributed by atoms with Crippen molar-refractivity contribution in [3.8, 4) is 0 Å². The van der Waals surface area contributed by atoms with Crippen LogP contribution in [0.25, 0.3) is 0 Å². The van der Waals surface area contributed by atoms with Gasteiger partial charge in [0, 0.05) is 31.9 Å². The summed E-state index contributed by atoms with van der Waals surface area (Å²) < 4.78 is 1.93. The minimum atomic E-state index is -0.340. The van der Waals surface area contributed by atoms with E-state index in [1.165, 1.54) is 0 Å². The first-order chi connectivity index (χ1) is 15.2. The van der Waals surface area contributed by atoms with E-state index in [1.54, 1.807) is 6.20 Å². The van der Waals surface area contributed by atoms with E-state index in [2.05, 4.69) is 39.9 Å². The van der Waals surface area contributed by atoms with Crippen LogP contribution in [0, 0.1) is 0 Å². The van der Waals surface area contributed by atoms with Crippen LogP contribution in [0.15, 0.2) is 103 Å². The van der Waals surface area contributed by atoms with Crippen molar-refractivity contribution in [1.29, 1.82) is 0 Å². The lowest BCUT2D eigenvalue weighted by atomic mass is 9.91. The molecule has 0 saturated heterocycles. The summed E-state index contributed by atoms with van der Waals surface area (Å²) in [6, 6.07) is 29.8. The Morgan fingerprint density at radius 1 is 0.839 bits per heavy atom. The Kier molecular flexibility index (Phi) is 6.43. The Morgan fingerprint density at radius 3 is 1.84 bits per heavy atom. The van der Waals surface area contributed by atoms with E-state index in [1.807, 2.05) is 84.5 Å². The molecule has 1 heterocycles. The Labute approximate surface area is 182 Å². The lowest BCUT2D eigenvalue weighted by molar-refractivity contribution is 0.238. The largest absolute Gasteiger partial charge is 0.337 e. The van der Waals surface area contributed by atoms with Gasteiger partial charge in [-0.25, -0.2) is 9.78 Å². The van der Waals surface area contributed by atoms with Gasteiger partial charge in [0.1, 0.15) is 11.9 Å². The first-order valence-electron chi connectivity index (χ1n) is 10.4. The molecule has 0 radical (unpaired) electrons. The van der Waals surface area contributed by atoms with Crippen LogP contribution < -0.4 is 10.6 Å². The number of amides is 2. The van der Waals surface area contributed by atoms with Crippen molar-refractivity contribution < 1.29 is 4.79 Å². The molecule has 0 saturated carbocycles. The van der Waals surface area contributed by atoms with Gasteiger partial charge in [-0.2, -0.15) is 0 Å². The van der Waals surface area contributed by atoms with Gasteiger partial charge in [0.2, 0.25) is 0 Å². The van der Waals surface area contributed by atoms with Crippen LogP contribution >= 0.6 is 0 Å². The minimum absolute atomic E-state index is 0.0662. The topological polar surface area (TPSA) is 59.0 Å². The molecule has 3 aromatic carbocycles. The summed E-state index contributed by atoms with van der Waals surface area (Å²) in [4.78, 5) is 17.4. The Hall–Kier alpha value is -3.86. The van der Waals surface area contributed by atoms with Gasteiger partial charge in [0.15, 0.2) is 0 Å². The molecule has 1 aromatic heterocycles. The summed E-state index contributed by atoms with van der Waals surface area (Å²) in [6.45, 7) is 0.488. The molecule has 2 amide bonds. The third-order valence-corrected chi connectivity index (χ3v) is 5.40. The summed E-state index contributed by atoms with van der Waals surface area (Å²) in [5.74, 6) is 0.848. The first kappa shape index (κ1) is 20.4. The Morgan fingerprint density at radius 2 is 1.35 bits per heavy atom. The van der Waals surface area contributed by atoms with Gasteiger partial charge >= 0.3 is 6.03 Å². The van der Waals surface area contributed by atoms with Crippen LogP contribution in [-0.2, 0) is 7.05 Å². The standard InChI is InChI=1S/C26H26N4O/c1-30-18-17-27-25(30)24(22-15-9-4-10-16-22)29-26(31)28-19-23(20-11-5-2-6-12-20)21-13-7-3-8-14-21/h2-18,23-24H,19H2,1H3,(H2,28,29,31)/t24-/m0/s1. The molecule has 1 atom stereocenters. The van der Waals surface area contributed by atoms with Crippen LogP contribution in [0.2, 0.25) is 0 Å². The van der Waals surface area contributed by atoms with Crippen LogP contribution in [0.3, 0.4) is 0 Å². The number of benzene rings is 3. The summed E-state index contributed by atoms with van der Waals surface area (Å²) in [6.07, 6.45) is 3.62. The summed E-state index contributed by atoms with van der Waals surface area (Å²) in [5, 5.41) is 6.18. The number of carbonyl (C=O) groups excluding carboxylic acids is 1.